The second-order valence-electron chi connectivity index (χ2n) is 11.2. The average molecular weight is 538 g/mol. The zero-order valence-electron chi connectivity index (χ0n) is 22.7. The number of aromatic nitrogens is 6. The first-order valence-corrected chi connectivity index (χ1v) is 13.9. The highest BCUT2D eigenvalue weighted by Gasteiger charge is 2.49. The first-order chi connectivity index (χ1) is 19.5. The molecule has 1 aliphatic heterocycles. The Labute approximate surface area is 232 Å². The number of nitrogens with two attached hydrogens (primary N) is 1. The van der Waals surface area contributed by atoms with Gasteiger partial charge in [-0.25, -0.2) is 14.6 Å². The van der Waals surface area contributed by atoms with Crippen molar-refractivity contribution in [1.82, 2.24) is 34.8 Å². The van der Waals surface area contributed by atoms with Gasteiger partial charge in [-0.2, -0.15) is 15.3 Å². The van der Waals surface area contributed by atoms with E-state index in [-0.39, 0.29) is 6.10 Å². The van der Waals surface area contributed by atoms with Gasteiger partial charge in [-0.05, 0) is 82.7 Å². The molecule has 0 amide bonds. The van der Waals surface area contributed by atoms with Crippen LogP contribution in [-0.4, -0.2) is 60.5 Å². The fourth-order valence-electron chi connectivity index (χ4n) is 7.08. The lowest BCUT2D eigenvalue weighted by molar-refractivity contribution is 0.117. The van der Waals surface area contributed by atoms with Crippen LogP contribution < -0.4 is 10.5 Å². The van der Waals surface area contributed by atoms with Gasteiger partial charge in [-0.15, -0.1) is 0 Å². The van der Waals surface area contributed by atoms with E-state index < -0.39 is 5.41 Å². The second-order valence-corrected chi connectivity index (χ2v) is 11.2. The van der Waals surface area contributed by atoms with Crippen LogP contribution in [0.5, 0.6) is 5.88 Å². The van der Waals surface area contributed by atoms with Gasteiger partial charge < -0.3 is 15.0 Å². The molecule has 3 aliphatic rings. The van der Waals surface area contributed by atoms with Gasteiger partial charge in [0.2, 0.25) is 5.88 Å². The van der Waals surface area contributed by atoms with Gasteiger partial charge in [-0.1, -0.05) is 11.2 Å². The summed E-state index contributed by atoms with van der Waals surface area (Å²) in [4.78, 5) is 16.1. The van der Waals surface area contributed by atoms with Gasteiger partial charge >= 0.3 is 0 Å². The lowest BCUT2D eigenvalue weighted by Crippen LogP contribution is -2.38. The number of ether oxygens (including phenoxy) is 1. The summed E-state index contributed by atoms with van der Waals surface area (Å²) in [5.41, 5.74) is 10.6. The number of likely N-dealkylation sites (tertiary alicyclic amines) is 1. The molecule has 1 saturated heterocycles. The standard InChI is InChI=1S/C29H31N9O2/c1-17(22-6-4-12-37(22)2)39-24-13-23(38-16-32-15-33-38)34-28(35-24)26-19-5-3-10-29(27(19)40-36-26)11-9-18-7-8-21(31)20(14-30)25(18)29/h7-8,13,15-17,22H,3-6,9-12,31H2,1-2H3/t17-,22-,29-/m0/s1. The minimum Gasteiger partial charge on any atom is -0.473 e. The number of hydrogen-bond acceptors (Lipinski definition) is 10. The van der Waals surface area contributed by atoms with Crippen molar-refractivity contribution in [2.45, 2.75) is 69.4 Å². The molecule has 1 fully saturated rings. The number of rotatable bonds is 5. The third-order valence-electron chi connectivity index (χ3n) is 8.97. The molecule has 11 heteroatoms. The Balaban J connectivity index is 1.32. The average Bonchev–Trinajstić information content (AvgIpc) is 3.76. The number of nitriles is 1. The highest BCUT2D eigenvalue weighted by molar-refractivity contribution is 5.68. The molecule has 1 aromatic carbocycles. The maximum atomic E-state index is 10.0. The minimum atomic E-state index is -0.432. The molecule has 0 bridgehead atoms. The zero-order chi connectivity index (χ0) is 27.4. The van der Waals surface area contributed by atoms with Crippen LogP contribution in [0.4, 0.5) is 5.69 Å². The number of nitrogen functional groups attached to an aromatic ring is 1. The second kappa shape index (κ2) is 9.41. The summed E-state index contributed by atoms with van der Waals surface area (Å²) >= 11 is 0. The van der Waals surface area contributed by atoms with E-state index in [0.717, 1.165) is 73.9 Å². The van der Waals surface area contributed by atoms with Crippen molar-refractivity contribution in [3.63, 3.8) is 0 Å². The first kappa shape index (κ1) is 24.7. The van der Waals surface area contributed by atoms with Crippen molar-refractivity contribution in [2.24, 2.45) is 0 Å². The van der Waals surface area contributed by atoms with Crippen LogP contribution in [0.2, 0.25) is 0 Å². The topological polar surface area (TPSA) is 145 Å². The number of likely N-dealkylation sites (N-methyl/N-ethyl adjacent to an activating group) is 1. The molecule has 0 unspecified atom stereocenters. The predicted octanol–water partition coefficient (Wildman–Crippen LogP) is 3.60. The molecule has 7 rings (SSSR count). The molecule has 3 aromatic heterocycles. The van der Waals surface area contributed by atoms with Gasteiger partial charge in [-0.3, -0.25) is 4.90 Å². The molecule has 2 aliphatic carbocycles. The fraction of sp³-hybridized carbons (Fsp3) is 0.448. The summed E-state index contributed by atoms with van der Waals surface area (Å²) in [5, 5.41) is 18.8. The lowest BCUT2D eigenvalue weighted by Gasteiger charge is -2.33. The molecule has 0 radical (unpaired) electrons. The van der Waals surface area contributed by atoms with Crippen LogP contribution in [0.1, 0.15) is 67.0 Å². The highest BCUT2D eigenvalue weighted by Crippen LogP contribution is 2.54. The molecular formula is C29H31N9O2. The van der Waals surface area contributed by atoms with Crippen molar-refractivity contribution in [2.75, 3.05) is 19.3 Å². The van der Waals surface area contributed by atoms with Gasteiger partial charge in [0.25, 0.3) is 0 Å². The summed E-state index contributed by atoms with van der Waals surface area (Å²) in [6.45, 7) is 3.15. The quantitative estimate of drug-likeness (QED) is 0.375. The van der Waals surface area contributed by atoms with Crippen molar-refractivity contribution in [1.29, 1.82) is 5.26 Å². The van der Waals surface area contributed by atoms with E-state index in [9.17, 15) is 5.26 Å². The minimum absolute atomic E-state index is 0.0572. The molecule has 3 atom stereocenters. The van der Waals surface area contributed by atoms with Crippen molar-refractivity contribution in [3.8, 4) is 29.3 Å². The SMILES string of the molecule is C[C@H](Oc1cc(-n2cncn2)nc(-c2noc3c2CCC[C@@]32CCc3ccc(N)c(C#N)c32)n1)[C@@H]1CCCN1C. The van der Waals surface area contributed by atoms with Gasteiger partial charge in [0.05, 0.1) is 11.0 Å². The summed E-state index contributed by atoms with van der Waals surface area (Å²) in [7, 11) is 2.13. The highest BCUT2D eigenvalue weighted by atomic mass is 16.5. The van der Waals surface area contributed by atoms with Gasteiger partial charge in [0.1, 0.15) is 24.8 Å². The molecule has 4 heterocycles. The molecular weight excluding hydrogens is 506 g/mol. The molecule has 4 aromatic rings. The Morgan fingerprint density at radius 1 is 1.23 bits per heavy atom. The van der Waals surface area contributed by atoms with Gasteiger partial charge in [0.15, 0.2) is 23.1 Å². The summed E-state index contributed by atoms with van der Waals surface area (Å²) in [5.74, 6) is 2.21. The van der Waals surface area contributed by atoms with Crippen LogP contribution in [0.25, 0.3) is 17.3 Å². The van der Waals surface area contributed by atoms with E-state index in [4.69, 9.17) is 25.0 Å². The number of fused-ring (bicyclic) bond motifs is 4. The van der Waals surface area contributed by atoms with E-state index in [1.807, 2.05) is 12.1 Å². The molecule has 0 saturated carbocycles. The van der Waals surface area contributed by atoms with Crippen molar-refractivity contribution < 1.29 is 9.26 Å². The monoisotopic (exact) mass is 537 g/mol. The maximum Gasteiger partial charge on any atom is 0.219 e. The van der Waals surface area contributed by atoms with Crippen LogP contribution in [0.3, 0.4) is 0 Å². The molecule has 40 heavy (non-hydrogen) atoms. The largest absolute Gasteiger partial charge is 0.473 e. The first-order valence-electron chi connectivity index (χ1n) is 13.9. The predicted molar refractivity (Wildman–Crippen MR) is 146 cm³/mol. The van der Waals surface area contributed by atoms with Gasteiger partial charge in [0, 0.05) is 23.4 Å². The van der Waals surface area contributed by atoms with E-state index in [1.54, 1.807) is 17.1 Å². The van der Waals surface area contributed by atoms with Crippen LogP contribution in [0, 0.1) is 11.3 Å². The number of aryl methyl sites for hydroxylation is 1. The smallest absolute Gasteiger partial charge is 0.219 e. The summed E-state index contributed by atoms with van der Waals surface area (Å²) in [6, 6.07) is 8.34. The number of nitrogens with zero attached hydrogens (tertiary/aromatic N) is 8. The molecule has 1 spiro atoms. The maximum absolute atomic E-state index is 10.0. The Hall–Kier alpha value is -4.30. The summed E-state index contributed by atoms with van der Waals surface area (Å²) < 4.78 is 14.2. The van der Waals surface area contributed by atoms with E-state index in [2.05, 4.69) is 40.2 Å². The Bertz CT molecular complexity index is 1620. The summed E-state index contributed by atoms with van der Waals surface area (Å²) in [6.07, 6.45) is 9.55. The Morgan fingerprint density at radius 2 is 2.12 bits per heavy atom. The van der Waals surface area contributed by atoms with E-state index in [1.165, 1.54) is 6.33 Å². The Kier molecular flexibility index (Phi) is 5.82. The number of benzene rings is 1. The van der Waals surface area contributed by atoms with Crippen LogP contribution in [-0.2, 0) is 18.3 Å². The number of anilines is 1. The van der Waals surface area contributed by atoms with Crippen LogP contribution >= 0.6 is 0 Å². The van der Waals surface area contributed by atoms with Crippen molar-refractivity contribution in [3.05, 3.63) is 58.9 Å². The van der Waals surface area contributed by atoms with E-state index in [0.29, 0.717) is 40.5 Å². The Morgan fingerprint density at radius 3 is 2.90 bits per heavy atom. The third-order valence-corrected chi connectivity index (χ3v) is 8.97. The molecule has 204 valence electrons. The normalized spacial score (nSPS) is 22.7. The fourth-order valence-corrected chi connectivity index (χ4v) is 7.08. The third kappa shape index (κ3) is 3.78. The van der Waals surface area contributed by atoms with E-state index >= 15 is 0 Å². The number of hydrogen-bond donors (Lipinski definition) is 1. The molecule has 2 N–H and O–H groups in total. The van der Waals surface area contributed by atoms with Crippen molar-refractivity contribution >= 4 is 5.69 Å². The lowest BCUT2D eigenvalue weighted by atomic mass is 9.68. The molecule has 11 nitrogen and oxygen atoms in total. The zero-order valence-corrected chi connectivity index (χ0v) is 22.7. The van der Waals surface area contributed by atoms with Crippen LogP contribution in [0.15, 0.2) is 35.4 Å².